The van der Waals surface area contributed by atoms with Gasteiger partial charge in [0.2, 0.25) is 5.91 Å². The van der Waals surface area contributed by atoms with Gasteiger partial charge in [0.05, 0.1) is 11.4 Å². The predicted molar refractivity (Wildman–Crippen MR) is 71.7 cm³/mol. The first-order valence-corrected chi connectivity index (χ1v) is 6.55. The van der Waals surface area contributed by atoms with E-state index in [-0.39, 0.29) is 6.42 Å². The Bertz CT molecular complexity index is 566. The van der Waals surface area contributed by atoms with Crippen molar-refractivity contribution < 1.29 is 28.6 Å². The maximum absolute atomic E-state index is 12.4. The number of aliphatic carboxylic acids is 1. The Hall–Kier alpha value is -2.02. The zero-order valence-electron chi connectivity index (χ0n) is 10.9. The minimum atomic E-state index is -1.55. The second-order valence-electron chi connectivity index (χ2n) is 4.39. The van der Waals surface area contributed by atoms with Crippen LogP contribution in [0.1, 0.15) is 5.56 Å². The molecule has 0 aliphatic carbocycles. The summed E-state index contributed by atoms with van der Waals surface area (Å²) in [6.07, 6.45) is -0.139. The van der Waals surface area contributed by atoms with Gasteiger partial charge in [0.25, 0.3) is 0 Å². The van der Waals surface area contributed by atoms with Crippen LogP contribution < -0.4 is 14.8 Å². The van der Waals surface area contributed by atoms with Gasteiger partial charge in [-0.15, -0.1) is 0 Å². The van der Waals surface area contributed by atoms with Gasteiger partial charge in [0, 0.05) is 0 Å². The van der Waals surface area contributed by atoms with Gasteiger partial charge in [0.15, 0.2) is 17.5 Å². The number of carbonyl (C=O) groups excluding carboxylic acids is 1. The monoisotopic (exact) mass is 317 g/mol. The lowest BCUT2D eigenvalue weighted by Crippen LogP contribution is -2.43. The average Bonchev–Trinajstić information content (AvgIpc) is 2.44. The van der Waals surface area contributed by atoms with Crippen LogP contribution in [0.25, 0.3) is 0 Å². The van der Waals surface area contributed by atoms with Crippen molar-refractivity contribution in [2.45, 2.75) is 12.5 Å². The first kappa shape index (κ1) is 15.4. The van der Waals surface area contributed by atoms with Gasteiger partial charge in [-0.3, -0.25) is 4.79 Å². The molecule has 1 unspecified atom stereocenters. The number of carbonyl (C=O) groups is 2. The van der Waals surface area contributed by atoms with Gasteiger partial charge in [-0.2, -0.15) is 0 Å². The third-order valence-electron chi connectivity index (χ3n) is 2.81. The fraction of sp³-hybridized carbons (Fsp3) is 0.385. The van der Waals surface area contributed by atoms with Gasteiger partial charge in [-0.25, -0.2) is 9.18 Å². The van der Waals surface area contributed by atoms with Crippen LogP contribution in [0.5, 0.6) is 11.5 Å². The number of carboxylic acid groups (broad SMARTS) is 1. The number of rotatable bonds is 5. The first-order chi connectivity index (χ1) is 10.0. The highest BCUT2D eigenvalue weighted by atomic mass is 35.5. The highest BCUT2D eigenvalue weighted by molar-refractivity contribution is 6.32. The second-order valence-corrected chi connectivity index (χ2v) is 4.80. The molecule has 0 fully saturated rings. The van der Waals surface area contributed by atoms with Crippen molar-refractivity contribution >= 4 is 23.5 Å². The van der Waals surface area contributed by atoms with Crippen LogP contribution in [0.2, 0.25) is 5.02 Å². The SMILES string of the molecule is O=C(Cc1cc(Cl)c2c(c1)OCCO2)NC(CF)C(=O)O. The molecule has 0 radical (unpaired) electrons. The van der Waals surface area contributed by atoms with Crippen LogP contribution >= 0.6 is 11.6 Å². The van der Waals surface area contributed by atoms with Crippen molar-refractivity contribution in [2.75, 3.05) is 19.9 Å². The van der Waals surface area contributed by atoms with E-state index in [4.69, 9.17) is 26.2 Å². The van der Waals surface area contributed by atoms with Crippen LogP contribution in [0, 0.1) is 0 Å². The Morgan fingerprint density at radius 1 is 1.38 bits per heavy atom. The highest BCUT2D eigenvalue weighted by Gasteiger charge is 2.21. The topological polar surface area (TPSA) is 84.9 Å². The fourth-order valence-corrected chi connectivity index (χ4v) is 2.15. The Labute approximate surface area is 124 Å². The molecule has 1 aromatic rings. The van der Waals surface area contributed by atoms with E-state index in [1.807, 2.05) is 0 Å². The summed E-state index contributed by atoms with van der Waals surface area (Å²) >= 11 is 6.02. The number of nitrogens with one attached hydrogen (secondary N) is 1. The van der Waals surface area contributed by atoms with Crippen molar-refractivity contribution in [1.82, 2.24) is 5.32 Å². The summed E-state index contributed by atoms with van der Waals surface area (Å²) in [5.74, 6) is -1.20. The zero-order valence-corrected chi connectivity index (χ0v) is 11.7. The van der Waals surface area contributed by atoms with Crippen LogP contribution in [0.3, 0.4) is 0 Å². The number of fused-ring (bicyclic) bond motifs is 1. The quantitative estimate of drug-likeness (QED) is 0.852. The Kier molecular flexibility index (Phi) is 4.85. The molecule has 0 saturated heterocycles. The number of benzene rings is 1. The molecule has 6 nitrogen and oxygen atoms in total. The van der Waals surface area contributed by atoms with Crippen LogP contribution in [-0.2, 0) is 16.0 Å². The van der Waals surface area contributed by atoms with E-state index in [0.717, 1.165) is 0 Å². The van der Waals surface area contributed by atoms with Gasteiger partial charge < -0.3 is 19.9 Å². The standard InChI is InChI=1S/C13H13ClFNO5/c14-8-3-7(4-10-12(8)21-2-1-20-10)5-11(17)16-9(6-15)13(18)19/h3-4,9H,1-2,5-6H2,(H,16,17)(H,18,19). The Morgan fingerprint density at radius 2 is 2.10 bits per heavy atom. The molecule has 1 heterocycles. The van der Waals surface area contributed by atoms with Gasteiger partial charge >= 0.3 is 5.97 Å². The first-order valence-electron chi connectivity index (χ1n) is 6.17. The second kappa shape index (κ2) is 6.62. The minimum Gasteiger partial charge on any atom is -0.486 e. The molecule has 0 bridgehead atoms. The van der Waals surface area contributed by atoms with E-state index in [1.54, 1.807) is 6.07 Å². The summed E-state index contributed by atoms with van der Waals surface area (Å²) < 4.78 is 23.2. The molecule has 1 aromatic carbocycles. The fourth-order valence-electron chi connectivity index (χ4n) is 1.86. The lowest BCUT2D eigenvalue weighted by molar-refractivity contribution is -0.142. The number of hydrogen-bond donors (Lipinski definition) is 2. The molecule has 1 amide bonds. The minimum absolute atomic E-state index is 0.139. The van der Waals surface area contributed by atoms with E-state index < -0.39 is 24.6 Å². The van der Waals surface area contributed by atoms with Gasteiger partial charge in [-0.1, -0.05) is 11.6 Å². The summed E-state index contributed by atoms with van der Waals surface area (Å²) in [5.41, 5.74) is 0.518. The molecule has 2 N–H and O–H groups in total. The summed E-state index contributed by atoms with van der Waals surface area (Å²) in [7, 11) is 0. The molecule has 8 heteroatoms. The summed E-state index contributed by atoms with van der Waals surface area (Å²) in [6, 6.07) is 1.57. The average molecular weight is 318 g/mol. The highest BCUT2D eigenvalue weighted by Crippen LogP contribution is 2.38. The lowest BCUT2D eigenvalue weighted by atomic mass is 10.1. The van der Waals surface area contributed by atoms with Gasteiger partial charge in [-0.05, 0) is 17.7 Å². The molecule has 0 aromatic heterocycles. The van der Waals surface area contributed by atoms with Crippen LogP contribution in [0.15, 0.2) is 12.1 Å². The number of ether oxygens (including phenoxy) is 2. The maximum Gasteiger partial charge on any atom is 0.328 e. The molecule has 114 valence electrons. The van der Waals surface area contributed by atoms with Crippen molar-refractivity contribution in [1.29, 1.82) is 0 Å². The number of halogens is 2. The van der Waals surface area contributed by atoms with E-state index in [9.17, 15) is 14.0 Å². The lowest BCUT2D eigenvalue weighted by Gasteiger charge is -2.20. The molecule has 1 aliphatic heterocycles. The third-order valence-corrected chi connectivity index (χ3v) is 3.09. The molecule has 0 spiro atoms. The Morgan fingerprint density at radius 3 is 2.76 bits per heavy atom. The molecule has 2 rings (SSSR count). The third kappa shape index (κ3) is 3.75. The van der Waals surface area contributed by atoms with E-state index in [0.29, 0.717) is 35.3 Å². The number of carboxylic acids is 1. The van der Waals surface area contributed by atoms with Crippen molar-refractivity contribution in [3.05, 3.63) is 22.7 Å². The van der Waals surface area contributed by atoms with Crippen LogP contribution in [0.4, 0.5) is 4.39 Å². The largest absolute Gasteiger partial charge is 0.486 e. The Balaban J connectivity index is 2.07. The summed E-state index contributed by atoms with van der Waals surface area (Å²) in [4.78, 5) is 22.4. The molecular formula is C13H13ClFNO5. The molecule has 21 heavy (non-hydrogen) atoms. The number of hydrogen-bond acceptors (Lipinski definition) is 4. The molecule has 0 saturated carbocycles. The van der Waals surface area contributed by atoms with Crippen molar-refractivity contribution in [3.63, 3.8) is 0 Å². The number of alkyl halides is 1. The molecule has 1 aliphatic rings. The van der Waals surface area contributed by atoms with Crippen LogP contribution in [-0.4, -0.2) is 42.9 Å². The summed E-state index contributed by atoms with van der Waals surface area (Å²) in [6.45, 7) is -0.409. The van der Waals surface area contributed by atoms with Crippen molar-refractivity contribution in [3.8, 4) is 11.5 Å². The molecular weight excluding hydrogens is 305 g/mol. The predicted octanol–water partition coefficient (Wildman–Crippen LogP) is 1.19. The normalized spacial score (nSPS) is 14.4. The van der Waals surface area contributed by atoms with E-state index in [2.05, 4.69) is 5.32 Å². The molecule has 1 atom stereocenters. The maximum atomic E-state index is 12.4. The zero-order chi connectivity index (χ0) is 15.4. The van der Waals surface area contributed by atoms with Gasteiger partial charge in [0.1, 0.15) is 19.9 Å². The number of amides is 1. The summed E-state index contributed by atoms with van der Waals surface area (Å²) in [5, 5.41) is 11.1. The van der Waals surface area contributed by atoms with Crippen molar-refractivity contribution in [2.24, 2.45) is 0 Å². The van der Waals surface area contributed by atoms with E-state index >= 15 is 0 Å². The van der Waals surface area contributed by atoms with E-state index in [1.165, 1.54) is 6.07 Å². The smallest absolute Gasteiger partial charge is 0.328 e.